The lowest BCUT2D eigenvalue weighted by atomic mass is 9.81. The molecule has 23 heavy (non-hydrogen) atoms. The predicted molar refractivity (Wildman–Crippen MR) is 94.4 cm³/mol. The summed E-state index contributed by atoms with van der Waals surface area (Å²) in [6.45, 7) is 9.55. The summed E-state index contributed by atoms with van der Waals surface area (Å²) in [6.07, 6.45) is 1.40. The van der Waals surface area contributed by atoms with Crippen molar-refractivity contribution in [2.75, 3.05) is 25.0 Å². The van der Waals surface area contributed by atoms with Crippen LogP contribution in [-0.4, -0.2) is 36.3 Å². The molecule has 0 aliphatic carbocycles. The van der Waals surface area contributed by atoms with Crippen molar-refractivity contribution < 1.29 is 9.59 Å². The van der Waals surface area contributed by atoms with E-state index < -0.39 is 5.41 Å². The molecule has 0 bridgehead atoms. The lowest BCUT2D eigenvalue weighted by Gasteiger charge is -2.28. The predicted octanol–water partition coefficient (Wildman–Crippen LogP) is 2.87. The van der Waals surface area contributed by atoms with Crippen LogP contribution in [0.25, 0.3) is 0 Å². The number of amides is 2. The van der Waals surface area contributed by atoms with Crippen LogP contribution in [0.2, 0.25) is 0 Å². The molecule has 0 spiro atoms. The molecule has 1 aromatic carbocycles. The number of rotatable bonds is 8. The number of benzene rings is 1. The zero-order chi connectivity index (χ0) is 17.5. The molecule has 0 fully saturated rings. The SMILES string of the molecule is CCN(CC)C(=O)c1ccc(NC(=O)C(CC)(CC)CN)cc1. The van der Waals surface area contributed by atoms with Crippen LogP contribution in [0.4, 0.5) is 5.69 Å². The summed E-state index contributed by atoms with van der Waals surface area (Å²) in [7, 11) is 0. The first kappa shape index (κ1) is 19.2. The second kappa shape index (κ2) is 8.67. The van der Waals surface area contributed by atoms with Crippen molar-refractivity contribution in [1.29, 1.82) is 0 Å². The highest BCUT2D eigenvalue weighted by molar-refractivity contribution is 5.97. The van der Waals surface area contributed by atoms with Gasteiger partial charge < -0.3 is 16.0 Å². The van der Waals surface area contributed by atoms with E-state index in [-0.39, 0.29) is 11.8 Å². The second-order valence-electron chi connectivity index (χ2n) is 5.70. The number of carbonyl (C=O) groups excluding carboxylic acids is 2. The van der Waals surface area contributed by atoms with E-state index in [9.17, 15) is 9.59 Å². The van der Waals surface area contributed by atoms with Crippen molar-refractivity contribution in [3.8, 4) is 0 Å². The Labute approximate surface area is 139 Å². The first-order chi connectivity index (χ1) is 11.0. The third kappa shape index (κ3) is 4.32. The fourth-order valence-electron chi connectivity index (χ4n) is 2.61. The Bertz CT molecular complexity index is 509. The number of nitrogens with one attached hydrogen (secondary N) is 1. The molecule has 0 saturated carbocycles. The fraction of sp³-hybridized carbons (Fsp3) is 0.556. The van der Waals surface area contributed by atoms with Crippen LogP contribution in [0.3, 0.4) is 0 Å². The molecular formula is C18H29N3O2. The van der Waals surface area contributed by atoms with Gasteiger partial charge in [0.05, 0.1) is 5.41 Å². The molecule has 1 aromatic rings. The standard InChI is InChI=1S/C18H29N3O2/c1-5-18(6-2,13-19)17(23)20-15-11-9-14(10-12-15)16(22)21(7-3)8-4/h9-12H,5-8,13,19H2,1-4H3,(H,20,23). The Morgan fingerprint density at radius 3 is 1.96 bits per heavy atom. The smallest absolute Gasteiger partial charge is 0.253 e. The van der Waals surface area contributed by atoms with Crippen molar-refractivity contribution in [3.05, 3.63) is 29.8 Å². The van der Waals surface area contributed by atoms with Crippen LogP contribution in [0, 0.1) is 5.41 Å². The van der Waals surface area contributed by atoms with Gasteiger partial charge in [-0.05, 0) is 51.0 Å². The molecule has 0 unspecified atom stereocenters. The normalized spacial score (nSPS) is 11.2. The number of anilines is 1. The van der Waals surface area contributed by atoms with Gasteiger partial charge in [0, 0.05) is 30.9 Å². The topological polar surface area (TPSA) is 75.4 Å². The second-order valence-corrected chi connectivity index (χ2v) is 5.70. The van der Waals surface area contributed by atoms with E-state index in [1.807, 2.05) is 27.7 Å². The molecule has 0 saturated heterocycles. The molecule has 0 heterocycles. The van der Waals surface area contributed by atoms with Crippen LogP contribution in [-0.2, 0) is 4.79 Å². The monoisotopic (exact) mass is 319 g/mol. The zero-order valence-corrected chi connectivity index (χ0v) is 14.7. The summed E-state index contributed by atoms with van der Waals surface area (Å²) in [5, 5.41) is 2.92. The third-order valence-corrected chi connectivity index (χ3v) is 4.67. The van der Waals surface area contributed by atoms with Crippen molar-refractivity contribution in [1.82, 2.24) is 4.90 Å². The fourth-order valence-corrected chi connectivity index (χ4v) is 2.61. The van der Waals surface area contributed by atoms with Crippen LogP contribution in [0.15, 0.2) is 24.3 Å². The molecule has 1 rings (SSSR count). The van der Waals surface area contributed by atoms with Gasteiger partial charge in [0.15, 0.2) is 0 Å². The van der Waals surface area contributed by atoms with E-state index in [0.29, 0.717) is 43.7 Å². The third-order valence-electron chi connectivity index (χ3n) is 4.67. The van der Waals surface area contributed by atoms with E-state index in [1.54, 1.807) is 29.2 Å². The van der Waals surface area contributed by atoms with E-state index >= 15 is 0 Å². The number of hydrogen-bond donors (Lipinski definition) is 2. The van der Waals surface area contributed by atoms with Crippen LogP contribution < -0.4 is 11.1 Å². The quantitative estimate of drug-likeness (QED) is 0.773. The van der Waals surface area contributed by atoms with E-state index in [2.05, 4.69) is 5.32 Å². The Kier molecular flexibility index (Phi) is 7.23. The largest absolute Gasteiger partial charge is 0.339 e. The van der Waals surface area contributed by atoms with Crippen molar-refractivity contribution >= 4 is 17.5 Å². The summed E-state index contributed by atoms with van der Waals surface area (Å²) < 4.78 is 0. The van der Waals surface area contributed by atoms with Crippen LogP contribution in [0.5, 0.6) is 0 Å². The van der Waals surface area contributed by atoms with Gasteiger partial charge >= 0.3 is 0 Å². The molecule has 0 radical (unpaired) electrons. The molecule has 5 nitrogen and oxygen atoms in total. The average molecular weight is 319 g/mol. The molecule has 3 N–H and O–H groups in total. The van der Waals surface area contributed by atoms with Gasteiger partial charge in [-0.1, -0.05) is 13.8 Å². The van der Waals surface area contributed by atoms with Gasteiger partial charge in [0.2, 0.25) is 5.91 Å². The van der Waals surface area contributed by atoms with Crippen molar-refractivity contribution in [2.24, 2.45) is 11.1 Å². The molecule has 0 aliphatic heterocycles. The number of nitrogens with zero attached hydrogens (tertiary/aromatic N) is 1. The van der Waals surface area contributed by atoms with E-state index in [4.69, 9.17) is 5.73 Å². The molecule has 0 aliphatic rings. The summed E-state index contributed by atoms with van der Waals surface area (Å²) in [5.74, 6) is -0.0564. The minimum absolute atomic E-state index is 0.00583. The summed E-state index contributed by atoms with van der Waals surface area (Å²) in [4.78, 5) is 26.5. The zero-order valence-electron chi connectivity index (χ0n) is 14.7. The molecule has 0 atom stereocenters. The highest BCUT2D eigenvalue weighted by Gasteiger charge is 2.33. The first-order valence-corrected chi connectivity index (χ1v) is 8.38. The van der Waals surface area contributed by atoms with Crippen molar-refractivity contribution in [3.63, 3.8) is 0 Å². The maximum absolute atomic E-state index is 12.5. The Hall–Kier alpha value is -1.88. The lowest BCUT2D eigenvalue weighted by molar-refractivity contribution is -0.125. The lowest BCUT2D eigenvalue weighted by Crippen LogP contribution is -2.41. The number of carbonyl (C=O) groups is 2. The number of nitrogens with two attached hydrogens (primary N) is 1. The van der Waals surface area contributed by atoms with E-state index in [0.717, 1.165) is 0 Å². The highest BCUT2D eigenvalue weighted by Crippen LogP contribution is 2.27. The molecule has 128 valence electrons. The van der Waals surface area contributed by atoms with Gasteiger partial charge in [-0.3, -0.25) is 9.59 Å². The van der Waals surface area contributed by atoms with Crippen LogP contribution >= 0.6 is 0 Å². The maximum Gasteiger partial charge on any atom is 0.253 e. The first-order valence-electron chi connectivity index (χ1n) is 8.38. The highest BCUT2D eigenvalue weighted by atomic mass is 16.2. The summed E-state index contributed by atoms with van der Waals surface area (Å²) in [6, 6.07) is 7.03. The van der Waals surface area contributed by atoms with Gasteiger partial charge in [0.25, 0.3) is 5.91 Å². The van der Waals surface area contributed by atoms with Crippen LogP contribution in [0.1, 0.15) is 50.9 Å². The maximum atomic E-state index is 12.5. The Balaban J connectivity index is 2.85. The molecule has 2 amide bonds. The van der Waals surface area contributed by atoms with Gasteiger partial charge in [0.1, 0.15) is 0 Å². The Morgan fingerprint density at radius 1 is 1.04 bits per heavy atom. The molecule has 0 aromatic heterocycles. The number of hydrogen-bond acceptors (Lipinski definition) is 3. The summed E-state index contributed by atoms with van der Waals surface area (Å²) in [5.41, 5.74) is 6.58. The minimum atomic E-state index is -0.532. The molecular weight excluding hydrogens is 290 g/mol. The van der Waals surface area contributed by atoms with Gasteiger partial charge in [-0.2, -0.15) is 0 Å². The van der Waals surface area contributed by atoms with Gasteiger partial charge in [-0.25, -0.2) is 0 Å². The van der Waals surface area contributed by atoms with E-state index in [1.165, 1.54) is 0 Å². The summed E-state index contributed by atoms with van der Waals surface area (Å²) >= 11 is 0. The Morgan fingerprint density at radius 2 is 1.57 bits per heavy atom. The van der Waals surface area contributed by atoms with Crippen molar-refractivity contribution in [2.45, 2.75) is 40.5 Å². The van der Waals surface area contributed by atoms with Gasteiger partial charge in [-0.15, -0.1) is 0 Å². The average Bonchev–Trinajstić information content (AvgIpc) is 2.58. The molecule has 5 heteroatoms. The minimum Gasteiger partial charge on any atom is -0.339 e.